The lowest BCUT2D eigenvalue weighted by Crippen LogP contribution is -2.47. The monoisotopic (exact) mass is 491 g/mol. The zero-order valence-electron chi connectivity index (χ0n) is 17.1. The first-order valence-corrected chi connectivity index (χ1v) is 9.57. The molecule has 27 heavy (non-hydrogen) atoms. The van der Waals surface area contributed by atoms with Gasteiger partial charge in [-0.05, 0) is 24.7 Å². The summed E-state index contributed by atoms with van der Waals surface area (Å²) in [5.74, 6) is 2.32. The van der Waals surface area contributed by atoms with Gasteiger partial charge in [0.25, 0.3) is 0 Å². The molecule has 0 spiro atoms. The highest BCUT2D eigenvalue weighted by Gasteiger charge is 2.22. The summed E-state index contributed by atoms with van der Waals surface area (Å²) in [6, 6.07) is 2.34. The van der Waals surface area contributed by atoms with E-state index in [0.717, 1.165) is 17.9 Å². The van der Waals surface area contributed by atoms with Gasteiger partial charge in [-0.2, -0.15) is 0 Å². The number of amides is 1. The van der Waals surface area contributed by atoms with Crippen molar-refractivity contribution >= 4 is 35.8 Å². The second-order valence-electron chi connectivity index (χ2n) is 7.69. The third-order valence-electron chi connectivity index (χ3n) is 4.90. The zero-order chi connectivity index (χ0) is 19.1. The Morgan fingerprint density at radius 3 is 2.67 bits per heavy atom. The highest BCUT2D eigenvalue weighted by Crippen LogP contribution is 2.23. The Labute approximate surface area is 179 Å². The van der Waals surface area contributed by atoms with Crippen LogP contribution in [0.5, 0.6) is 0 Å². The standard InChI is InChI=1S/C19H33N5O2.HI/c1-13(2)17-10-15(26-23-17)11-20-19(21-12-18(25)24(4)5)22-16-9-7-6-8-14(16)3;/h10,13-14,16H,6-9,11-12H2,1-5H3,(H2,20,21,22);1H. The van der Waals surface area contributed by atoms with Crippen LogP contribution in [0.4, 0.5) is 0 Å². The molecule has 1 saturated carbocycles. The minimum atomic E-state index is -0.0236. The van der Waals surface area contributed by atoms with Crippen LogP contribution in [0.1, 0.15) is 63.8 Å². The van der Waals surface area contributed by atoms with Crippen LogP contribution in [0.15, 0.2) is 15.6 Å². The first-order chi connectivity index (χ1) is 12.4. The molecule has 2 rings (SSSR count). The smallest absolute Gasteiger partial charge is 0.243 e. The summed E-state index contributed by atoms with van der Waals surface area (Å²) in [7, 11) is 3.48. The van der Waals surface area contributed by atoms with Crippen LogP contribution in [0.2, 0.25) is 0 Å². The molecule has 1 aromatic heterocycles. The molecule has 1 fully saturated rings. The third kappa shape index (κ3) is 7.67. The summed E-state index contributed by atoms with van der Waals surface area (Å²) in [5.41, 5.74) is 0.942. The van der Waals surface area contributed by atoms with Crippen LogP contribution in [0.3, 0.4) is 0 Å². The molecule has 1 aliphatic carbocycles. The summed E-state index contributed by atoms with van der Waals surface area (Å²) in [4.78, 5) is 17.9. The van der Waals surface area contributed by atoms with Gasteiger partial charge in [0.2, 0.25) is 5.91 Å². The van der Waals surface area contributed by atoms with E-state index in [4.69, 9.17) is 4.52 Å². The first-order valence-electron chi connectivity index (χ1n) is 9.57. The Bertz CT molecular complexity index is 615. The normalized spacial score (nSPS) is 20.1. The predicted molar refractivity (Wildman–Crippen MR) is 118 cm³/mol. The van der Waals surface area contributed by atoms with Gasteiger partial charge in [0, 0.05) is 26.2 Å². The Kier molecular flexibility index (Phi) is 10.1. The molecule has 2 atom stereocenters. The van der Waals surface area contributed by atoms with E-state index in [2.05, 4.69) is 41.6 Å². The Morgan fingerprint density at radius 2 is 2.07 bits per heavy atom. The molecular formula is C19H34IN5O2. The van der Waals surface area contributed by atoms with Crippen LogP contribution in [0.25, 0.3) is 0 Å². The van der Waals surface area contributed by atoms with Crippen LogP contribution < -0.4 is 10.6 Å². The van der Waals surface area contributed by atoms with E-state index in [-0.39, 0.29) is 36.4 Å². The average Bonchev–Trinajstić information content (AvgIpc) is 3.08. The van der Waals surface area contributed by atoms with Crippen molar-refractivity contribution in [2.24, 2.45) is 10.9 Å². The number of likely N-dealkylation sites (N-methyl/N-ethyl adjacent to an activating group) is 1. The molecule has 0 aromatic carbocycles. The van der Waals surface area contributed by atoms with Gasteiger partial charge >= 0.3 is 0 Å². The number of carbonyl (C=O) groups is 1. The molecule has 2 N–H and O–H groups in total. The summed E-state index contributed by atoms with van der Waals surface area (Å²) in [6.07, 6.45) is 4.87. The minimum absolute atomic E-state index is 0. The molecule has 1 aliphatic rings. The van der Waals surface area contributed by atoms with Gasteiger partial charge in [-0.3, -0.25) is 4.79 Å². The number of aliphatic imine (C=N–C) groups is 1. The molecule has 0 radical (unpaired) electrons. The quantitative estimate of drug-likeness (QED) is 0.363. The summed E-state index contributed by atoms with van der Waals surface area (Å²) in [5, 5.41) is 10.9. The Hall–Kier alpha value is -1.32. The van der Waals surface area contributed by atoms with Crippen LogP contribution in [0, 0.1) is 5.92 Å². The average molecular weight is 491 g/mol. The molecule has 1 amide bonds. The molecule has 0 bridgehead atoms. The molecule has 154 valence electrons. The number of nitrogens with one attached hydrogen (secondary N) is 2. The first kappa shape index (κ1) is 23.7. The molecule has 1 aromatic rings. The van der Waals surface area contributed by atoms with Crippen molar-refractivity contribution in [2.45, 2.75) is 65.0 Å². The van der Waals surface area contributed by atoms with Gasteiger partial charge in [-0.1, -0.05) is 38.8 Å². The van der Waals surface area contributed by atoms with Crippen LogP contribution in [-0.2, 0) is 11.3 Å². The van der Waals surface area contributed by atoms with E-state index in [9.17, 15) is 4.79 Å². The van der Waals surface area contributed by atoms with Crippen molar-refractivity contribution < 1.29 is 9.32 Å². The largest absolute Gasteiger partial charge is 0.359 e. The van der Waals surface area contributed by atoms with Gasteiger partial charge in [0.15, 0.2) is 11.7 Å². The van der Waals surface area contributed by atoms with Gasteiger partial charge in [-0.15, -0.1) is 24.0 Å². The van der Waals surface area contributed by atoms with Crippen molar-refractivity contribution in [3.05, 3.63) is 17.5 Å². The SMILES string of the molecule is CC(C)c1cc(CNC(=NCC(=O)N(C)C)NC2CCCCC2C)on1.I. The topological polar surface area (TPSA) is 82.8 Å². The van der Waals surface area contributed by atoms with E-state index in [1.165, 1.54) is 19.3 Å². The Morgan fingerprint density at radius 1 is 1.37 bits per heavy atom. The third-order valence-corrected chi connectivity index (χ3v) is 4.90. The van der Waals surface area contributed by atoms with Gasteiger partial charge in [-0.25, -0.2) is 4.99 Å². The highest BCUT2D eigenvalue weighted by molar-refractivity contribution is 14.0. The number of rotatable bonds is 6. The van der Waals surface area contributed by atoms with Gasteiger partial charge in [0.05, 0.1) is 12.2 Å². The second kappa shape index (κ2) is 11.5. The van der Waals surface area contributed by atoms with Gasteiger partial charge in [0.1, 0.15) is 6.54 Å². The zero-order valence-corrected chi connectivity index (χ0v) is 19.4. The molecular weight excluding hydrogens is 457 g/mol. The van der Waals surface area contributed by atoms with Crippen molar-refractivity contribution in [1.29, 1.82) is 0 Å². The Balaban J connectivity index is 0.00000364. The fraction of sp³-hybridized carbons (Fsp3) is 0.737. The number of halogens is 1. The number of guanidine groups is 1. The maximum atomic E-state index is 11.9. The summed E-state index contributed by atoms with van der Waals surface area (Å²) >= 11 is 0. The van der Waals surface area contributed by atoms with E-state index >= 15 is 0 Å². The van der Waals surface area contributed by atoms with Crippen LogP contribution >= 0.6 is 24.0 Å². The van der Waals surface area contributed by atoms with Crippen molar-refractivity contribution in [3.63, 3.8) is 0 Å². The van der Waals surface area contributed by atoms with Crippen molar-refractivity contribution in [3.8, 4) is 0 Å². The molecule has 8 heteroatoms. The number of hydrogen-bond donors (Lipinski definition) is 2. The number of aromatic nitrogens is 1. The summed E-state index contributed by atoms with van der Waals surface area (Å²) in [6.45, 7) is 7.05. The van der Waals surface area contributed by atoms with Gasteiger partial charge < -0.3 is 20.1 Å². The molecule has 0 aliphatic heterocycles. The minimum Gasteiger partial charge on any atom is -0.359 e. The fourth-order valence-electron chi connectivity index (χ4n) is 3.00. The highest BCUT2D eigenvalue weighted by atomic mass is 127. The molecule has 1 heterocycles. The van der Waals surface area contributed by atoms with Crippen LogP contribution in [-0.4, -0.2) is 48.6 Å². The lowest BCUT2D eigenvalue weighted by Gasteiger charge is -2.30. The predicted octanol–water partition coefficient (Wildman–Crippen LogP) is 3.12. The van der Waals surface area contributed by atoms with E-state index in [1.807, 2.05) is 6.07 Å². The van der Waals surface area contributed by atoms with Crippen molar-refractivity contribution in [2.75, 3.05) is 20.6 Å². The number of nitrogens with zero attached hydrogens (tertiary/aromatic N) is 3. The fourth-order valence-corrected chi connectivity index (χ4v) is 3.00. The number of hydrogen-bond acceptors (Lipinski definition) is 4. The number of carbonyl (C=O) groups excluding carboxylic acids is 1. The lowest BCUT2D eigenvalue weighted by atomic mass is 9.86. The summed E-state index contributed by atoms with van der Waals surface area (Å²) < 4.78 is 5.38. The van der Waals surface area contributed by atoms with E-state index in [0.29, 0.717) is 30.4 Å². The lowest BCUT2D eigenvalue weighted by molar-refractivity contribution is -0.127. The molecule has 7 nitrogen and oxygen atoms in total. The van der Waals surface area contributed by atoms with E-state index in [1.54, 1.807) is 19.0 Å². The maximum absolute atomic E-state index is 11.9. The maximum Gasteiger partial charge on any atom is 0.243 e. The second-order valence-corrected chi connectivity index (χ2v) is 7.69. The molecule has 2 unspecified atom stereocenters. The van der Waals surface area contributed by atoms with Crippen molar-refractivity contribution in [1.82, 2.24) is 20.7 Å². The molecule has 0 saturated heterocycles. The van der Waals surface area contributed by atoms with E-state index < -0.39 is 0 Å².